The first-order valence-corrected chi connectivity index (χ1v) is 7.66. The second-order valence-electron chi connectivity index (χ2n) is 6.02. The van der Waals surface area contributed by atoms with E-state index in [4.69, 9.17) is 10.5 Å². The quantitative estimate of drug-likeness (QED) is 0.810. The van der Waals surface area contributed by atoms with E-state index in [0.717, 1.165) is 12.5 Å². The number of carbonyl (C=O) groups is 1. The molecule has 114 valence electrons. The number of nitrogens with two attached hydrogens (primary N) is 1. The van der Waals surface area contributed by atoms with Crippen molar-refractivity contribution in [3.63, 3.8) is 0 Å². The molecule has 21 heavy (non-hydrogen) atoms. The predicted octanol–water partition coefficient (Wildman–Crippen LogP) is 0.734. The van der Waals surface area contributed by atoms with E-state index in [0.29, 0.717) is 11.8 Å². The molecule has 1 unspecified atom stereocenters. The summed E-state index contributed by atoms with van der Waals surface area (Å²) in [6.45, 7) is 4.54. The highest BCUT2D eigenvalue weighted by molar-refractivity contribution is 5.75. The number of benzene rings is 1. The maximum absolute atomic E-state index is 10.7. The van der Waals surface area contributed by atoms with E-state index in [1.54, 1.807) is 0 Å². The minimum atomic E-state index is -0.455. The molecule has 3 N–H and O–H groups in total. The number of nitrogens with zero attached hydrogens (tertiary/aromatic N) is 1. The molecule has 3 saturated heterocycles. The van der Waals surface area contributed by atoms with Gasteiger partial charge in [-0.2, -0.15) is 0 Å². The largest absolute Gasteiger partial charge is 0.484 e. The topological polar surface area (TPSA) is 67.6 Å². The molecule has 5 heteroatoms. The zero-order chi connectivity index (χ0) is 14.7. The number of hydrogen-bond acceptors (Lipinski definition) is 4. The van der Waals surface area contributed by atoms with Crippen LogP contribution in [0.2, 0.25) is 0 Å². The Morgan fingerprint density at radius 1 is 1.29 bits per heavy atom. The van der Waals surface area contributed by atoms with Crippen LogP contribution in [0.5, 0.6) is 5.75 Å². The molecule has 1 atom stereocenters. The summed E-state index contributed by atoms with van der Waals surface area (Å²) in [5.41, 5.74) is 6.29. The molecule has 0 spiro atoms. The molecule has 1 aromatic rings. The normalized spacial score (nSPS) is 27.5. The number of nitrogens with one attached hydrogen (secondary N) is 1. The first-order chi connectivity index (χ1) is 10.2. The number of hydrogen-bond donors (Lipinski definition) is 2. The smallest absolute Gasteiger partial charge is 0.255 e. The summed E-state index contributed by atoms with van der Waals surface area (Å²) in [4.78, 5) is 13.2. The third-order valence-corrected chi connectivity index (χ3v) is 4.53. The van der Waals surface area contributed by atoms with Gasteiger partial charge in [-0.15, -0.1) is 0 Å². The summed E-state index contributed by atoms with van der Waals surface area (Å²) < 4.78 is 5.26. The van der Waals surface area contributed by atoms with Gasteiger partial charge in [0.1, 0.15) is 5.75 Å². The molecule has 5 nitrogen and oxygen atoms in total. The van der Waals surface area contributed by atoms with Crippen molar-refractivity contribution in [1.29, 1.82) is 0 Å². The fourth-order valence-corrected chi connectivity index (χ4v) is 3.30. The monoisotopic (exact) mass is 289 g/mol. The van der Waals surface area contributed by atoms with Gasteiger partial charge in [-0.05, 0) is 49.5 Å². The van der Waals surface area contributed by atoms with E-state index in [9.17, 15) is 4.79 Å². The maximum Gasteiger partial charge on any atom is 0.255 e. The summed E-state index contributed by atoms with van der Waals surface area (Å²) in [5.74, 6) is 1.07. The number of piperidine rings is 3. The van der Waals surface area contributed by atoms with Crippen LogP contribution in [-0.2, 0) is 11.3 Å². The van der Waals surface area contributed by atoms with Crippen molar-refractivity contribution in [3.05, 3.63) is 29.8 Å². The number of amides is 1. The Kier molecular flexibility index (Phi) is 4.41. The number of primary amides is 1. The molecule has 0 radical (unpaired) electrons. The molecule has 3 aliphatic heterocycles. The lowest BCUT2D eigenvalue weighted by atomic mass is 9.84. The summed E-state index contributed by atoms with van der Waals surface area (Å²) in [5, 5.41) is 3.68. The molecule has 3 heterocycles. The van der Waals surface area contributed by atoms with Crippen LogP contribution >= 0.6 is 0 Å². The Morgan fingerprint density at radius 2 is 2.00 bits per heavy atom. The Labute approximate surface area is 125 Å². The highest BCUT2D eigenvalue weighted by atomic mass is 16.5. The van der Waals surface area contributed by atoms with Crippen LogP contribution in [0.3, 0.4) is 0 Å². The van der Waals surface area contributed by atoms with Gasteiger partial charge in [0.25, 0.3) is 5.91 Å². The molecule has 0 saturated carbocycles. The molecular weight excluding hydrogens is 266 g/mol. The number of rotatable bonds is 6. The summed E-state index contributed by atoms with van der Waals surface area (Å²) in [7, 11) is 0. The van der Waals surface area contributed by atoms with Crippen LogP contribution in [0.1, 0.15) is 18.4 Å². The van der Waals surface area contributed by atoms with Crippen molar-refractivity contribution in [3.8, 4) is 5.75 Å². The van der Waals surface area contributed by atoms with Crippen LogP contribution < -0.4 is 15.8 Å². The van der Waals surface area contributed by atoms with Crippen molar-refractivity contribution < 1.29 is 9.53 Å². The van der Waals surface area contributed by atoms with Gasteiger partial charge in [-0.1, -0.05) is 12.1 Å². The lowest BCUT2D eigenvalue weighted by Gasteiger charge is -2.45. The SMILES string of the molecule is NC(=O)COc1ccc(CNC2CN3CCC2CC3)cc1. The highest BCUT2D eigenvalue weighted by Crippen LogP contribution is 2.27. The van der Waals surface area contributed by atoms with E-state index in [1.807, 2.05) is 24.3 Å². The Balaban J connectivity index is 1.48. The fourth-order valence-electron chi connectivity index (χ4n) is 3.30. The van der Waals surface area contributed by atoms with Crippen molar-refractivity contribution >= 4 is 5.91 Å². The predicted molar refractivity (Wildman–Crippen MR) is 80.9 cm³/mol. The molecule has 0 aromatic heterocycles. The van der Waals surface area contributed by atoms with Crippen LogP contribution in [0.4, 0.5) is 0 Å². The third kappa shape index (κ3) is 3.74. The molecule has 0 aliphatic carbocycles. The lowest BCUT2D eigenvalue weighted by molar-refractivity contribution is -0.119. The first-order valence-electron chi connectivity index (χ1n) is 7.66. The van der Waals surface area contributed by atoms with Crippen LogP contribution in [-0.4, -0.2) is 43.1 Å². The Bertz CT molecular complexity index is 481. The van der Waals surface area contributed by atoms with Crippen molar-refractivity contribution in [1.82, 2.24) is 10.2 Å². The van der Waals surface area contributed by atoms with Crippen LogP contribution in [0, 0.1) is 5.92 Å². The van der Waals surface area contributed by atoms with E-state index in [-0.39, 0.29) is 6.61 Å². The van der Waals surface area contributed by atoms with E-state index in [1.165, 1.54) is 38.0 Å². The highest BCUT2D eigenvalue weighted by Gasteiger charge is 2.33. The fraction of sp³-hybridized carbons (Fsp3) is 0.562. The van der Waals surface area contributed by atoms with Crippen molar-refractivity contribution in [2.24, 2.45) is 11.7 Å². The average Bonchev–Trinajstić information content (AvgIpc) is 2.53. The van der Waals surface area contributed by atoms with Gasteiger partial charge in [-0.3, -0.25) is 4.79 Å². The van der Waals surface area contributed by atoms with Gasteiger partial charge in [-0.25, -0.2) is 0 Å². The molecular formula is C16H23N3O2. The van der Waals surface area contributed by atoms with Gasteiger partial charge in [0.2, 0.25) is 0 Å². The standard InChI is InChI=1S/C16H23N3O2/c17-16(20)11-21-14-3-1-12(2-4-14)9-18-15-10-19-7-5-13(15)6-8-19/h1-4,13,15,18H,5-11H2,(H2,17,20). The summed E-state index contributed by atoms with van der Waals surface area (Å²) in [6, 6.07) is 8.46. The van der Waals surface area contributed by atoms with Gasteiger partial charge in [0, 0.05) is 19.1 Å². The second kappa shape index (κ2) is 6.45. The minimum absolute atomic E-state index is 0.0722. The molecule has 3 fully saturated rings. The van der Waals surface area contributed by atoms with Crippen molar-refractivity contribution in [2.75, 3.05) is 26.2 Å². The van der Waals surface area contributed by atoms with Crippen LogP contribution in [0.15, 0.2) is 24.3 Å². The third-order valence-electron chi connectivity index (χ3n) is 4.53. The van der Waals surface area contributed by atoms with Crippen molar-refractivity contribution in [2.45, 2.75) is 25.4 Å². The van der Waals surface area contributed by atoms with Gasteiger partial charge < -0.3 is 20.7 Å². The first kappa shape index (κ1) is 14.4. The zero-order valence-electron chi connectivity index (χ0n) is 12.3. The average molecular weight is 289 g/mol. The van der Waals surface area contributed by atoms with E-state index >= 15 is 0 Å². The Morgan fingerprint density at radius 3 is 2.57 bits per heavy atom. The molecule has 4 rings (SSSR count). The molecule has 3 aliphatic rings. The van der Waals surface area contributed by atoms with Gasteiger partial charge in [0.15, 0.2) is 6.61 Å². The summed E-state index contributed by atoms with van der Waals surface area (Å²) >= 11 is 0. The van der Waals surface area contributed by atoms with E-state index in [2.05, 4.69) is 10.2 Å². The molecule has 1 aromatic carbocycles. The second-order valence-corrected chi connectivity index (χ2v) is 6.02. The number of fused-ring (bicyclic) bond motifs is 3. The number of ether oxygens (including phenoxy) is 1. The molecule has 1 amide bonds. The lowest BCUT2D eigenvalue weighted by Crippen LogP contribution is -2.55. The van der Waals surface area contributed by atoms with Gasteiger partial charge in [0.05, 0.1) is 0 Å². The van der Waals surface area contributed by atoms with Crippen LogP contribution in [0.25, 0.3) is 0 Å². The zero-order valence-corrected chi connectivity index (χ0v) is 12.3. The summed E-state index contributed by atoms with van der Waals surface area (Å²) in [6.07, 6.45) is 2.66. The number of carbonyl (C=O) groups excluding carboxylic acids is 1. The van der Waals surface area contributed by atoms with Gasteiger partial charge >= 0.3 is 0 Å². The minimum Gasteiger partial charge on any atom is -0.484 e. The van der Waals surface area contributed by atoms with E-state index < -0.39 is 5.91 Å². The Hall–Kier alpha value is -1.59. The maximum atomic E-state index is 10.7. The molecule has 2 bridgehead atoms.